The smallest absolute Gasteiger partial charge is 0.137 e. The number of nitriles is 1. The minimum Gasteiger partial charge on any atom is -0.495 e. The Kier molecular flexibility index (Phi) is 7.37. The Hall–Kier alpha value is -2.81. The maximum Gasteiger partial charge on any atom is 0.137 e. The number of hydrogen-bond donors (Lipinski definition) is 2. The van der Waals surface area contributed by atoms with Crippen LogP contribution in [0.3, 0.4) is 0 Å². The average molecular weight is 437 g/mol. The number of anilines is 1. The number of benzene rings is 2. The second kappa shape index (κ2) is 10.00. The second-order valence-electron chi connectivity index (χ2n) is 8.81. The molecule has 1 heterocycles. The number of nitrogens with one attached hydrogen (secondary N) is 2. The highest BCUT2D eigenvalue weighted by Crippen LogP contribution is 2.29. The summed E-state index contributed by atoms with van der Waals surface area (Å²) in [6.45, 7) is 8.93. The van der Waals surface area contributed by atoms with Gasteiger partial charge in [0.25, 0.3) is 0 Å². The lowest BCUT2D eigenvalue weighted by Gasteiger charge is -2.19. The first-order chi connectivity index (χ1) is 14.8. The van der Waals surface area contributed by atoms with Gasteiger partial charge in [0.2, 0.25) is 0 Å². The Bertz CT molecular complexity index is 1100. The van der Waals surface area contributed by atoms with Gasteiger partial charge in [0, 0.05) is 35.9 Å². The Balaban J connectivity index is 1.87. The van der Waals surface area contributed by atoms with Gasteiger partial charge in [0.05, 0.1) is 29.3 Å². The molecule has 0 spiro atoms. The van der Waals surface area contributed by atoms with Crippen LogP contribution in [-0.2, 0) is 13.1 Å². The first-order valence-corrected chi connectivity index (χ1v) is 10.8. The van der Waals surface area contributed by atoms with Gasteiger partial charge in [-0.1, -0.05) is 38.4 Å². The molecule has 3 aromatic rings. The van der Waals surface area contributed by atoms with Gasteiger partial charge in [0.15, 0.2) is 0 Å². The fraction of sp³-hybridized carbons (Fsp3) is 0.360. The van der Waals surface area contributed by atoms with E-state index < -0.39 is 0 Å². The number of nitrogens with zero attached hydrogens (tertiary/aromatic N) is 2. The fourth-order valence-electron chi connectivity index (χ4n) is 3.34. The van der Waals surface area contributed by atoms with E-state index in [9.17, 15) is 5.26 Å². The predicted octanol–water partition coefficient (Wildman–Crippen LogP) is 5.91. The summed E-state index contributed by atoms with van der Waals surface area (Å²) >= 11 is 6.29. The summed E-state index contributed by atoms with van der Waals surface area (Å²) in [6.07, 6.45) is 2.99. The first kappa shape index (κ1) is 22.9. The van der Waals surface area contributed by atoms with Crippen molar-refractivity contribution < 1.29 is 4.74 Å². The summed E-state index contributed by atoms with van der Waals surface area (Å²) < 4.78 is 5.24. The molecule has 0 amide bonds. The molecule has 162 valence electrons. The molecule has 2 aromatic carbocycles. The molecule has 0 radical (unpaired) electrons. The van der Waals surface area contributed by atoms with E-state index in [1.165, 1.54) is 0 Å². The molecule has 3 rings (SSSR count). The van der Waals surface area contributed by atoms with Crippen LogP contribution in [0.2, 0.25) is 5.02 Å². The minimum atomic E-state index is 0.283. The summed E-state index contributed by atoms with van der Waals surface area (Å²) in [7, 11) is 1.61. The van der Waals surface area contributed by atoms with Crippen LogP contribution in [-0.4, -0.2) is 18.6 Å². The van der Waals surface area contributed by atoms with E-state index >= 15 is 0 Å². The van der Waals surface area contributed by atoms with Crippen LogP contribution in [0.5, 0.6) is 5.75 Å². The number of halogens is 1. The van der Waals surface area contributed by atoms with E-state index in [4.69, 9.17) is 16.3 Å². The van der Waals surface area contributed by atoms with Crippen molar-refractivity contribution in [3.05, 3.63) is 64.3 Å². The second-order valence-corrected chi connectivity index (χ2v) is 9.22. The van der Waals surface area contributed by atoms with Crippen LogP contribution in [0, 0.1) is 16.7 Å². The zero-order valence-corrected chi connectivity index (χ0v) is 19.3. The van der Waals surface area contributed by atoms with E-state index in [1.807, 2.05) is 36.5 Å². The fourth-order valence-corrected chi connectivity index (χ4v) is 3.62. The van der Waals surface area contributed by atoms with Crippen LogP contribution >= 0.6 is 11.6 Å². The van der Waals surface area contributed by atoms with Crippen LogP contribution in [0.4, 0.5) is 5.69 Å². The zero-order valence-electron chi connectivity index (χ0n) is 18.6. The molecular weight excluding hydrogens is 408 g/mol. The third kappa shape index (κ3) is 6.10. The first-order valence-electron chi connectivity index (χ1n) is 10.4. The molecule has 2 N–H and O–H groups in total. The molecule has 0 saturated heterocycles. The summed E-state index contributed by atoms with van der Waals surface area (Å²) in [5.41, 5.74) is 4.84. The minimum absolute atomic E-state index is 0.283. The van der Waals surface area contributed by atoms with Crippen molar-refractivity contribution in [3.8, 4) is 11.8 Å². The predicted molar refractivity (Wildman–Crippen MR) is 128 cm³/mol. The van der Waals surface area contributed by atoms with Crippen molar-refractivity contribution in [3.63, 3.8) is 0 Å². The van der Waals surface area contributed by atoms with Crippen molar-refractivity contribution in [1.82, 2.24) is 10.3 Å². The largest absolute Gasteiger partial charge is 0.495 e. The topological polar surface area (TPSA) is 70.0 Å². The highest BCUT2D eigenvalue weighted by atomic mass is 35.5. The lowest BCUT2D eigenvalue weighted by molar-refractivity contribution is 0.366. The average Bonchev–Trinajstić information content (AvgIpc) is 2.74. The Labute approximate surface area is 189 Å². The number of pyridine rings is 1. The van der Waals surface area contributed by atoms with Crippen LogP contribution in [0.15, 0.2) is 42.6 Å². The van der Waals surface area contributed by atoms with E-state index in [2.05, 4.69) is 42.5 Å². The van der Waals surface area contributed by atoms with Gasteiger partial charge in [-0.3, -0.25) is 4.98 Å². The van der Waals surface area contributed by atoms with Gasteiger partial charge in [-0.2, -0.15) is 5.26 Å². The van der Waals surface area contributed by atoms with Gasteiger partial charge < -0.3 is 15.4 Å². The van der Waals surface area contributed by atoms with Gasteiger partial charge in [-0.25, -0.2) is 0 Å². The Morgan fingerprint density at radius 3 is 2.61 bits per heavy atom. The standard InChI is InChI=1S/C25H29ClN4O/c1-25(2,3)9-10-28-15-19-16-29-22-7-5-17(13-27)11-20(22)24(19)30-14-18-6-8-23(31-4)21(26)12-18/h5-8,11-12,16,28H,9-10,14-15H2,1-4H3,(H,29,30). The number of methoxy groups -OCH3 is 1. The van der Waals surface area contributed by atoms with Crippen molar-refractivity contribution in [2.45, 2.75) is 40.3 Å². The molecule has 5 nitrogen and oxygen atoms in total. The SMILES string of the molecule is COc1ccc(CNc2c(CNCCC(C)(C)C)cnc3ccc(C#N)cc23)cc1Cl. The molecule has 6 heteroatoms. The molecule has 31 heavy (non-hydrogen) atoms. The Morgan fingerprint density at radius 2 is 1.94 bits per heavy atom. The molecular formula is C25H29ClN4O. The Morgan fingerprint density at radius 1 is 1.13 bits per heavy atom. The van der Waals surface area contributed by atoms with Crippen molar-refractivity contribution in [2.24, 2.45) is 5.41 Å². The van der Waals surface area contributed by atoms with Crippen LogP contribution in [0.25, 0.3) is 10.9 Å². The van der Waals surface area contributed by atoms with Crippen LogP contribution in [0.1, 0.15) is 43.9 Å². The number of hydrogen-bond acceptors (Lipinski definition) is 5. The molecule has 0 fully saturated rings. The molecule has 0 aliphatic rings. The third-order valence-corrected chi connectivity index (χ3v) is 5.42. The molecule has 0 aliphatic carbocycles. The summed E-state index contributed by atoms with van der Waals surface area (Å²) in [4.78, 5) is 4.61. The van der Waals surface area contributed by atoms with E-state index in [0.717, 1.165) is 40.7 Å². The molecule has 0 unspecified atom stereocenters. The molecule has 0 atom stereocenters. The van der Waals surface area contributed by atoms with Gasteiger partial charge in [-0.05, 0) is 54.3 Å². The number of fused-ring (bicyclic) bond motifs is 1. The maximum absolute atomic E-state index is 9.36. The summed E-state index contributed by atoms with van der Waals surface area (Å²) in [6, 6.07) is 13.6. The number of aromatic nitrogens is 1. The van der Waals surface area contributed by atoms with Crippen molar-refractivity contribution in [1.29, 1.82) is 5.26 Å². The van der Waals surface area contributed by atoms with Crippen molar-refractivity contribution in [2.75, 3.05) is 19.0 Å². The molecule has 0 aliphatic heterocycles. The van der Waals surface area contributed by atoms with E-state index in [-0.39, 0.29) is 5.41 Å². The third-order valence-electron chi connectivity index (χ3n) is 5.13. The molecule has 1 aromatic heterocycles. The van der Waals surface area contributed by atoms with Gasteiger partial charge >= 0.3 is 0 Å². The number of rotatable bonds is 8. The molecule has 0 bridgehead atoms. The van der Waals surface area contributed by atoms with Crippen molar-refractivity contribution >= 4 is 28.2 Å². The summed E-state index contributed by atoms with van der Waals surface area (Å²) in [5, 5.41) is 18.0. The lowest BCUT2D eigenvalue weighted by Crippen LogP contribution is -2.21. The van der Waals surface area contributed by atoms with E-state index in [0.29, 0.717) is 29.4 Å². The summed E-state index contributed by atoms with van der Waals surface area (Å²) in [5.74, 6) is 0.655. The normalized spacial score (nSPS) is 11.4. The molecule has 0 saturated carbocycles. The quantitative estimate of drug-likeness (QED) is 0.430. The van der Waals surface area contributed by atoms with Gasteiger partial charge in [-0.15, -0.1) is 0 Å². The lowest BCUT2D eigenvalue weighted by atomic mass is 9.92. The van der Waals surface area contributed by atoms with Gasteiger partial charge in [0.1, 0.15) is 5.75 Å². The zero-order chi connectivity index (χ0) is 22.4. The highest BCUT2D eigenvalue weighted by molar-refractivity contribution is 6.32. The highest BCUT2D eigenvalue weighted by Gasteiger charge is 2.12. The van der Waals surface area contributed by atoms with Crippen LogP contribution < -0.4 is 15.4 Å². The number of ether oxygens (including phenoxy) is 1. The van der Waals surface area contributed by atoms with E-state index in [1.54, 1.807) is 13.2 Å². The monoisotopic (exact) mass is 436 g/mol. The maximum atomic E-state index is 9.36.